The van der Waals surface area contributed by atoms with Gasteiger partial charge >= 0.3 is 5.97 Å². The molecule has 0 amide bonds. The number of ether oxygens (including phenoxy) is 3. The van der Waals surface area contributed by atoms with Crippen molar-refractivity contribution < 1.29 is 19.0 Å². The van der Waals surface area contributed by atoms with Crippen LogP contribution in [-0.4, -0.2) is 25.1 Å². The van der Waals surface area contributed by atoms with Crippen molar-refractivity contribution in [2.75, 3.05) is 19.2 Å². The highest BCUT2D eigenvalue weighted by atomic mass is 35.5. The maximum absolute atomic E-state index is 11.9. The molecule has 0 saturated carbocycles. The third-order valence-corrected chi connectivity index (χ3v) is 5.50. The molecule has 1 aliphatic rings. The lowest BCUT2D eigenvalue weighted by molar-refractivity contribution is -0.144. The molecule has 6 heteroatoms. The van der Waals surface area contributed by atoms with Gasteiger partial charge in [0.1, 0.15) is 0 Å². The van der Waals surface area contributed by atoms with Crippen LogP contribution in [0.15, 0.2) is 17.0 Å². The first kappa shape index (κ1) is 19.3. The summed E-state index contributed by atoms with van der Waals surface area (Å²) in [5.41, 5.74) is 0. The molecule has 24 heavy (non-hydrogen) atoms. The largest absolute Gasteiger partial charge is 0.465 e. The van der Waals surface area contributed by atoms with Gasteiger partial charge in [-0.2, -0.15) is 0 Å². The average molecular weight is 373 g/mol. The minimum absolute atomic E-state index is 0.144. The predicted molar refractivity (Wildman–Crippen MR) is 97.2 cm³/mol. The second-order valence-corrected chi connectivity index (χ2v) is 7.38. The Bertz CT molecular complexity index is 550. The fourth-order valence-electron chi connectivity index (χ4n) is 2.43. The van der Waals surface area contributed by atoms with Crippen molar-refractivity contribution in [3.63, 3.8) is 0 Å². The van der Waals surface area contributed by atoms with Gasteiger partial charge in [-0.15, -0.1) is 11.8 Å². The normalized spacial score (nSPS) is 13.8. The van der Waals surface area contributed by atoms with Gasteiger partial charge in [-0.05, 0) is 18.4 Å². The topological polar surface area (TPSA) is 44.8 Å². The Balaban J connectivity index is 1.71. The third-order valence-electron chi connectivity index (χ3n) is 4.01. The van der Waals surface area contributed by atoms with Crippen LogP contribution in [0, 0.1) is 5.92 Å². The molecule has 0 bridgehead atoms. The Labute approximate surface area is 153 Å². The summed E-state index contributed by atoms with van der Waals surface area (Å²) in [6, 6.07) is 3.61. The lowest BCUT2D eigenvalue weighted by Gasteiger charge is -2.14. The molecule has 0 N–H and O–H groups in total. The van der Waals surface area contributed by atoms with Crippen molar-refractivity contribution in [3.8, 4) is 11.5 Å². The summed E-state index contributed by atoms with van der Waals surface area (Å²) in [6.45, 7) is 5.08. The molecule has 0 aromatic heterocycles. The minimum Gasteiger partial charge on any atom is -0.465 e. The van der Waals surface area contributed by atoms with Crippen LogP contribution >= 0.6 is 23.4 Å². The Morgan fingerprint density at radius 3 is 2.79 bits per heavy atom. The highest BCUT2D eigenvalue weighted by molar-refractivity contribution is 7.99. The number of unbranched alkanes of at least 4 members (excludes halogenated alkanes) is 1. The van der Waals surface area contributed by atoms with Crippen molar-refractivity contribution in [2.24, 2.45) is 5.92 Å². The van der Waals surface area contributed by atoms with Crippen LogP contribution in [0.4, 0.5) is 0 Å². The van der Waals surface area contributed by atoms with Crippen molar-refractivity contribution in [1.29, 1.82) is 0 Å². The first-order chi connectivity index (χ1) is 11.6. The molecule has 0 aliphatic carbocycles. The lowest BCUT2D eigenvalue weighted by atomic mass is 10.0. The number of thioether (sulfide) groups is 1. The molecule has 1 aromatic carbocycles. The zero-order chi connectivity index (χ0) is 17.4. The van der Waals surface area contributed by atoms with E-state index in [1.807, 2.05) is 6.07 Å². The Morgan fingerprint density at radius 2 is 2.08 bits per heavy atom. The quantitative estimate of drug-likeness (QED) is 0.411. The van der Waals surface area contributed by atoms with E-state index in [9.17, 15) is 4.79 Å². The van der Waals surface area contributed by atoms with E-state index in [2.05, 4.69) is 13.8 Å². The number of esters is 1. The van der Waals surface area contributed by atoms with Gasteiger partial charge in [0.05, 0.1) is 18.1 Å². The molecular formula is C18H25ClO4S. The van der Waals surface area contributed by atoms with Crippen LogP contribution in [0.25, 0.3) is 0 Å². The standard InChI is InChI=1S/C18H25ClO4S/c1-3-5-6-13(4-2)11-21-18(20)7-8-24-17-10-16-15(9-14(17)19)22-12-23-16/h9-10,13H,3-8,11-12H2,1-2H3. The van der Waals surface area contributed by atoms with E-state index < -0.39 is 0 Å². The summed E-state index contributed by atoms with van der Waals surface area (Å²) in [5, 5.41) is 0.614. The number of fused-ring (bicyclic) bond motifs is 1. The molecule has 1 atom stereocenters. The highest BCUT2D eigenvalue weighted by Crippen LogP contribution is 2.40. The molecule has 2 rings (SSSR count). The van der Waals surface area contributed by atoms with Crippen LogP contribution in [0.1, 0.15) is 46.0 Å². The molecule has 1 aliphatic heterocycles. The molecular weight excluding hydrogens is 348 g/mol. The van der Waals surface area contributed by atoms with Crippen LogP contribution in [0.2, 0.25) is 5.02 Å². The zero-order valence-corrected chi connectivity index (χ0v) is 15.9. The third kappa shape index (κ3) is 5.78. The summed E-state index contributed by atoms with van der Waals surface area (Å²) in [6.07, 6.45) is 4.92. The molecule has 1 unspecified atom stereocenters. The van der Waals surface area contributed by atoms with Crippen molar-refractivity contribution in [1.82, 2.24) is 0 Å². The summed E-state index contributed by atoms with van der Waals surface area (Å²) in [5.74, 6) is 2.33. The molecule has 0 spiro atoms. The average Bonchev–Trinajstić information content (AvgIpc) is 3.02. The lowest BCUT2D eigenvalue weighted by Crippen LogP contribution is -2.14. The van der Waals surface area contributed by atoms with Crippen molar-refractivity contribution in [3.05, 3.63) is 17.2 Å². The summed E-state index contributed by atoms with van der Waals surface area (Å²) >= 11 is 7.75. The Morgan fingerprint density at radius 1 is 1.33 bits per heavy atom. The van der Waals surface area contributed by atoms with Crippen molar-refractivity contribution >= 4 is 29.3 Å². The number of hydrogen-bond donors (Lipinski definition) is 0. The summed E-state index contributed by atoms with van der Waals surface area (Å²) < 4.78 is 16.0. The number of rotatable bonds is 10. The van der Waals surface area contributed by atoms with Crippen LogP contribution in [0.3, 0.4) is 0 Å². The van der Waals surface area contributed by atoms with Gasteiger partial charge in [-0.3, -0.25) is 4.79 Å². The van der Waals surface area contributed by atoms with Gasteiger partial charge in [-0.1, -0.05) is 44.7 Å². The van der Waals surface area contributed by atoms with E-state index >= 15 is 0 Å². The SMILES string of the molecule is CCCCC(CC)COC(=O)CCSc1cc2c(cc1Cl)OCO2. The molecule has 1 aromatic rings. The molecule has 1 heterocycles. The maximum atomic E-state index is 11.9. The maximum Gasteiger partial charge on any atom is 0.306 e. The second kappa shape index (κ2) is 10.0. The van der Waals surface area contributed by atoms with E-state index in [0.29, 0.717) is 41.2 Å². The fraction of sp³-hybridized carbons (Fsp3) is 0.611. The smallest absolute Gasteiger partial charge is 0.306 e. The molecule has 0 radical (unpaired) electrons. The first-order valence-corrected chi connectivity index (χ1v) is 9.88. The zero-order valence-electron chi connectivity index (χ0n) is 14.3. The summed E-state index contributed by atoms with van der Waals surface area (Å²) in [7, 11) is 0. The van der Waals surface area contributed by atoms with Gasteiger partial charge in [0.2, 0.25) is 6.79 Å². The summed E-state index contributed by atoms with van der Waals surface area (Å²) in [4.78, 5) is 12.8. The van der Waals surface area contributed by atoms with Crippen LogP contribution in [-0.2, 0) is 9.53 Å². The first-order valence-electron chi connectivity index (χ1n) is 8.51. The second-order valence-electron chi connectivity index (χ2n) is 5.83. The fourth-order valence-corrected chi connectivity index (χ4v) is 3.63. The van der Waals surface area contributed by atoms with Gasteiger partial charge < -0.3 is 14.2 Å². The minimum atomic E-state index is -0.144. The molecule has 0 fully saturated rings. The van der Waals surface area contributed by atoms with E-state index in [4.69, 9.17) is 25.8 Å². The number of hydrogen-bond acceptors (Lipinski definition) is 5. The van der Waals surface area contributed by atoms with Gasteiger partial charge in [0.15, 0.2) is 11.5 Å². The Hall–Kier alpha value is -1.07. The van der Waals surface area contributed by atoms with E-state index in [0.717, 1.165) is 17.7 Å². The number of carbonyl (C=O) groups excluding carboxylic acids is 1. The van der Waals surface area contributed by atoms with Gasteiger partial charge in [0, 0.05) is 16.7 Å². The van der Waals surface area contributed by atoms with Crippen molar-refractivity contribution in [2.45, 2.75) is 50.8 Å². The van der Waals surface area contributed by atoms with E-state index in [-0.39, 0.29) is 12.8 Å². The van der Waals surface area contributed by atoms with Crippen LogP contribution in [0.5, 0.6) is 11.5 Å². The monoisotopic (exact) mass is 372 g/mol. The molecule has 0 saturated heterocycles. The predicted octanol–water partition coefficient (Wildman–Crippen LogP) is 5.31. The molecule has 134 valence electrons. The van der Waals surface area contributed by atoms with E-state index in [1.165, 1.54) is 24.6 Å². The van der Waals surface area contributed by atoms with E-state index in [1.54, 1.807) is 6.07 Å². The van der Waals surface area contributed by atoms with Gasteiger partial charge in [-0.25, -0.2) is 0 Å². The Kier molecular flexibility index (Phi) is 8.06. The number of benzene rings is 1. The highest BCUT2D eigenvalue weighted by Gasteiger charge is 2.17. The van der Waals surface area contributed by atoms with Crippen LogP contribution < -0.4 is 9.47 Å². The number of carbonyl (C=O) groups is 1. The molecule has 4 nitrogen and oxygen atoms in total. The van der Waals surface area contributed by atoms with Gasteiger partial charge in [0.25, 0.3) is 0 Å². The number of halogens is 1.